The highest BCUT2D eigenvalue weighted by molar-refractivity contribution is 7.92. The Labute approximate surface area is 148 Å². The summed E-state index contributed by atoms with van der Waals surface area (Å²) < 4.78 is 42.2. The Balaban J connectivity index is 2.59. The molecule has 0 aliphatic carbocycles. The summed E-state index contributed by atoms with van der Waals surface area (Å²) in [5, 5.41) is 18.3. The molecule has 3 N–H and O–H groups in total. The van der Waals surface area contributed by atoms with Crippen LogP contribution in [-0.4, -0.2) is 44.8 Å². The van der Waals surface area contributed by atoms with Crippen LogP contribution in [0.5, 0.6) is 11.5 Å². The second-order valence-electron chi connectivity index (χ2n) is 5.00. The van der Waals surface area contributed by atoms with Gasteiger partial charge in [-0.2, -0.15) is 0 Å². The molecule has 0 bridgehead atoms. The molecule has 0 saturated carbocycles. The van der Waals surface area contributed by atoms with Gasteiger partial charge in [-0.3, -0.25) is 4.72 Å². The molecule has 0 aliphatic rings. The van der Waals surface area contributed by atoms with Crippen LogP contribution in [0.4, 0.5) is 5.69 Å². The maximum absolute atomic E-state index is 12.6. The maximum atomic E-state index is 12.6. The second-order valence-corrected chi connectivity index (χ2v) is 6.65. The maximum Gasteiger partial charge on any atom is 0.371 e. The lowest BCUT2D eigenvalue weighted by Gasteiger charge is -2.15. The van der Waals surface area contributed by atoms with Crippen LogP contribution >= 0.6 is 0 Å². The number of carbonyl (C=O) groups is 2. The molecule has 0 saturated heterocycles. The largest absolute Gasteiger partial charge is 0.497 e. The van der Waals surface area contributed by atoms with E-state index >= 15 is 0 Å². The first-order valence-corrected chi connectivity index (χ1v) is 8.45. The van der Waals surface area contributed by atoms with Crippen molar-refractivity contribution < 1.29 is 42.1 Å². The molecule has 0 amide bonds. The highest BCUT2D eigenvalue weighted by atomic mass is 32.2. The zero-order chi connectivity index (χ0) is 19.6. The van der Waals surface area contributed by atoms with Crippen LogP contribution in [0.15, 0.2) is 27.5 Å². The third kappa shape index (κ3) is 3.57. The van der Waals surface area contributed by atoms with Crippen LogP contribution in [0, 0.1) is 6.92 Å². The van der Waals surface area contributed by atoms with Gasteiger partial charge in [-0.05, 0) is 13.0 Å². The van der Waals surface area contributed by atoms with Gasteiger partial charge in [0.1, 0.15) is 27.8 Å². The number of anilines is 1. The number of carboxylic acids is 2. The molecule has 0 fully saturated rings. The van der Waals surface area contributed by atoms with Gasteiger partial charge >= 0.3 is 11.9 Å². The summed E-state index contributed by atoms with van der Waals surface area (Å²) in [5.74, 6) is -3.54. The molecule has 1 aromatic heterocycles. The van der Waals surface area contributed by atoms with E-state index in [2.05, 4.69) is 4.72 Å². The second kappa shape index (κ2) is 6.96. The summed E-state index contributed by atoms with van der Waals surface area (Å²) in [5.41, 5.74) is -0.748. The summed E-state index contributed by atoms with van der Waals surface area (Å²) >= 11 is 0. The standard InChI is InChI=1S/C15H15NO9S/c1-7-12(6-11(25-7)15(19)20)26(21,22)16-13-9(14(17)18)4-8(23-2)5-10(13)24-3/h4-6,16H,1-3H3,(H,17,18)(H,19,20). The Hall–Kier alpha value is -3.21. The number of benzene rings is 1. The lowest BCUT2D eigenvalue weighted by molar-refractivity contribution is 0.0658. The van der Waals surface area contributed by atoms with E-state index in [0.29, 0.717) is 0 Å². The van der Waals surface area contributed by atoms with Crippen molar-refractivity contribution in [1.82, 2.24) is 0 Å². The van der Waals surface area contributed by atoms with Gasteiger partial charge in [0.15, 0.2) is 0 Å². The van der Waals surface area contributed by atoms with Crippen LogP contribution in [0.25, 0.3) is 0 Å². The van der Waals surface area contributed by atoms with Crippen LogP contribution in [0.3, 0.4) is 0 Å². The number of carboxylic acid groups (broad SMARTS) is 2. The molecule has 2 aromatic rings. The fraction of sp³-hybridized carbons (Fsp3) is 0.200. The molecule has 0 unspecified atom stereocenters. The highest BCUT2D eigenvalue weighted by Gasteiger charge is 2.28. The SMILES string of the molecule is COc1cc(OC)c(NS(=O)(=O)c2cc(C(=O)O)oc2C)c(C(=O)O)c1. The van der Waals surface area contributed by atoms with Crippen molar-refractivity contribution in [2.45, 2.75) is 11.8 Å². The van der Waals surface area contributed by atoms with E-state index in [1.807, 2.05) is 0 Å². The third-order valence-corrected chi connectivity index (χ3v) is 4.83. The predicted molar refractivity (Wildman–Crippen MR) is 87.7 cm³/mol. The number of methoxy groups -OCH3 is 2. The fourth-order valence-corrected chi connectivity index (χ4v) is 3.44. The molecule has 0 aliphatic heterocycles. The van der Waals surface area contributed by atoms with E-state index in [0.717, 1.165) is 12.1 Å². The van der Waals surface area contributed by atoms with Crippen molar-refractivity contribution >= 4 is 27.6 Å². The number of rotatable bonds is 7. The quantitative estimate of drug-likeness (QED) is 0.647. The molecule has 0 spiro atoms. The summed E-state index contributed by atoms with van der Waals surface area (Å²) in [6, 6.07) is 3.25. The molecular weight excluding hydrogens is 370 g/mol. The average molecular weight is 385 g/mol. The number of furan rings is 1. The van der Waals surface area contributed by atoms with Crippen molar-refractivity contribution in [2.75, 3.05) is 18.9 Å². The third-order valence-electron chi connectivity index (χ3n) is 3.37. The number of aryl methyl sites for hydroxylation is 1. The fourth-order valence-electron chi connectivity index (χ4n) is 2.17. The van der Waals surface area contributed by atoms with Gasteiger partial charge < -0.3 is 24.1 Å². The van der Waals surface area contributed by atoms with E-state index in [-0.39, 0.29) is 22.9 Å². The van der Waals surface area contributed by atoms with Crippen molar-refractivity contribution in [2.24, 2.45) is 0 Å². The molecule has 1 aromatic carbocycles. The van der Waals surface area contributed by atoms with Crippen molar-refractivity contribution in [1.29, 1.82) is 0 Å². The molecule has 26 heavy (non-hydrogen) atoms. The van der Waals surface area contributed by atoms with E-state index in [4.69, 9.17) is 19.0 Å². The first-order valence-electron chi connectivity index (χ1n) is 6.96. The zero-order valence-corrected chi connectivity index (χ0v) is 14.7. The Kier molecular flexibility index (Phi) is 5.12. The summed E-state index contributed by atoms with van der Waals surface area (Å²) in [6.45, 7) is 1.27. The van der Waals surface area contributed by atoms with Gasteiger partial charge in [-0.15, -0.1) is 0 Å². The Bertz CT molecular complexity index is 975. The van der Waals surface area contributed by atoms with Crippen molar-refractivity contribution in [3.8, 4) is 11.5 Å². The number of ether oxygens (including phenoxy) is 2. The minimum absolute atomic E-state index is 0.0927. The first-order chi connectivity index (χ1) is 12.1. The van der Waals surface area contributed by atoms with Crippen LogP contribution < -0.4 is 14.2 Å². The van der Waals surface area contributed by atoms with E-state index in [1.54, 1.807) is 0 Å². The van der Waals surface area contributed by atoms with Crippen LogP contribution in [0.1, 0.15) is 26.7 Å². The minimum Gasteiger partial charge on any atom is -0.497 e. The zero-order valence-electron chi connectivity index (χ0n) is 13.9. The normalized spacial score (nSPS) is 11.0. The topological polar surface area (TPSA) is 152 Å². The van der Waals surface area contributed by atoms with Gasteiger partial charge in [0.2, 0.25) is 5.76 Å². The van der Waals surface area contributed by atoms with E-state index in [1.165, 1.54) is 27.2 Å². The van der Waals surface area contributed by atoms with Gasteiger partial charge in [-0.1, -0.05) is 0 Å². The summed E-state index contributed by atoms with van der Waals surface area (Å²) in [6.07, 6.45) is 0. The average Bonchev–Trinajstić information content (AvgIpc) is 2.97. The molecular formula is C15H15NO9S. The van der Waals surface area contributed by atoms with Crippen LogP contribution in [-0.2, 0) is 10.0 Å². The number of sulfonamides is 1. The van der Waals surface area contributed by atoms with Gasteiger partial charge in [0.25, 0.3) is 10.0 Å². The van der Waals surface area contributed by atoms with E-state index in [9.17, 15) is 23.1 Å². The lowest BCUT2D eigenvalue weighted by Crippen LogP contribution is -2.17. The molecule has 0 atom stereocenters. The van der Waals surface area contributed by atoms with E-state index < -0.39 is 38.2 Å². The monoisotopic (exact) mass is 385 g/mol. The molecule has 1 heterocycles. The van der Waals surface area contributed by atoms with Gasteiger partial charge in [-0.25, -0.2) is 18.0 Å². The Morgan fingerprint density at radius 2 is 1.73 bits per heavy atom. The number of hydrogen-bond acceptors (Lipinski definition) is 7. The number of aromatic carboxylic acids is 2. The van der Waals surface area contributed by atoms with Crippen molar-refractivity contribution in [3.05, 3.63) is 35.3 Å². The van der Waals surface area contributed by atoms with Gasteiger partial charge in [0, 0.05) is 12.1 Å². The molecule has 10 nitrogen and oxygen atoms in total. The van der Waals surface area contributed by atoms with Crippen LogP contribution in [0.2, 0.25) is 0 Å². The van der Waals surface area contributed by atoms with Crippen molar-refractivity contribution in [3.63, 3.8) is 0 Å². The lowest BCUT2D eigenvalue weighted by atomic mass is 10.1. The molecule has 11 heteroatoms. The summed E-state index contributed by atoms with van der Waals surface area (Å²) in [7, 11) is -1.82. The smallest absolute Gasteiger partial charge is 0.371 e. The molecule has 2 rings (SSSR count). The first kappa shape index (κ1) is 19.1. The highest BCUT2D eigenvalue weighted by Crippen LogP contribution is 2.35. The molecule has 140 valence electrons. The Morgan fingerprint density at radius 3 is 2.19 bits per heavy atom. The minimum atomic E-state index is -4.36. The van der Waals surface area contributed by atoms with Gasteiger partial charge in [0.05, 0.1) is 19.8 Å². The molecule has 0 radical (unpaired) electrons. The number of hydrogen-bond donors (Lipinski definition) is 3. The summed E-state index contributed by atoms with van der Waals surface area (Å²) in [4.78, 5) is 22.0. The Morgan fingerprint density at radius 1 is 1.08 bits per heavy atom. The predicted octanol–water partition coefficient (Wildman–Crippen LogP) is 1.80. The number of nitrogens with one attached hydrogen (secondary N) is 1.